The van der Waals surface area contributed by atoms with Gasteiger partial charge in [-0.3, -0.25) is 4.90 Å². The first-order valence-electron chi connectivity index (χ1n) is 8.12. The van der Waals surface area contributed by atoms with E-state index in [1.54, 1.807) is 0 Å². The molecule has 2 aromatic rings. The Hall–Kier alpha value is -0.900. The second-order valence-corrected chi connectivity index (χ2v) is 7.59. The van der Waals surface area contributed by atoms with Gasteiger partial charge in [-0.2, -0.15) is 0 Å². The Morgan fingerprint density at radius 3 is 2.90 bits per heavy atom. The lowest BCUT2D eigenvalue weighted by Crippen LogP contribution is -2.41. The molecule has 2 unspecified atom stereocenters. The van der Waals surface area contributed by atoms with Gasteiger partial charge in [-0.1, -0.05) is 38.5 Å². The Labute approximate surface area is 131 Å². The topological polar surface area (TPSA) is 29.3 Å². The molecule has 0 amide bonds. The Kier molecular flexibility index (Phi) is 4.63. The Morgan fingerprint density at radius 1 is 1.29 bits per heavy atom. The monoisotopic (exact) mass is 302 g/mol. The van der Waals surface area contributed by atoms with Gasteiger partial charge in [-0.25, -0.2) is 0 Å². The van der Waals surface area contributed by atoms with E-state index in [1.807, 2.05) is 11.3 Å². The smallest absolute Gasteiger partial charge is 0.0513 e. The summed E-state index contributed by atoms with van der Waals surface area (Å²) in [5.41, 5.74) is 8.04. The summed E-state index contributed by atoms with van der Waals surface area (Å²) >= 11 is 1.86. The fourth-order valence-electron chi connectivity index (χ4n) is 3.59. The van der Waals surface area contributed by atoms with E-state index < -0.39 is 0 Å². The first-order valence-corrected chi connectivity index (χ1v) is 9.00. The maximum absolute atomic E-state index is 6.59. The Balaban J connectivity index is 2.01. The van der Waals surface area contributed by atoms with Crippen molar-refractivity contribution < 1.29 is 0 Å². The van der Waals surface area contributed by atoms with Crippen LogP contribution in [0.3, 0.4) is 0 Å². The maximum atomic E-state index is 6.59. The van der Waals surface area contributed by atoms with E-state index in [-0.39, 0.29) is 6.04 Å². The lowest BCUT2D eigenvalue weighted by atomic mass is 9.95. The molecule has 1 saturated heterocycles. The second kappa shape index (κ2) is 6.47. The highest BCUT2D eigenvalue weighted by Crippen LogP contribution is 2.37. The van der Waals surface area contributed by atoms with Gasteiger partial charge < -0.3 is 5.73 Å². The van der Waals surface area contributed by atoms with Crippen LogP contribution in [0.5, 0.6) is 0 Å². The van der Waals surface area contributed by atoms with Crippen molar-refractivity contribution in [3.05, 3.63) is 35.2 Å². The summed E-state index contributed by atoms with van der Waals surface area (Å²) in [6.45, 7) is 6.93. The van der Waals surface area contributed by atoms with E-state index in [9.17, 15) is 0 Å². The molecule has 1 aliphatic heterocycles. The summed E-state index contributed by atoms with van der Waals surface area (Å²) in [6.07, 6.45) is 3.68. The van der Waals surface area contributed by atoms with Crippen molar-refractivity contribution in [1.82, 2.24) is 4.90 Å². The Morgan fingerprint density at radius 2 is 2.10 bits per heavy atom. The summed E-state index contributed by atoms with van der Waals surface area (Å²) in [5.74, 6) is 0.683. The molecule has 0 aliphatic carbocycles. The number of rotatable bonds is 3. The molecule has 1 aromatic heterocycles. The number of likely N-dealkylation sites (tertiary alicyclic amines) is 1. The molecule has 0 radical (unpaired) electrons. The van der Waals surface area contributed by atoms with Gasteiger partial charge in [0.05, 0.1) is 6.04 Å². The normalized spacial score (nSPS) is 24.6. The van der Waals surface area contributed by atoms with Crippen LogP contribution < -0.4 is 5.73 Å². The van der Waals surface area contributed by atoms with E-state index in [4.69, 9.17) is 5.73 Å². The van der Waals surface area contributed by atoms with Crippen LogP contribution in [-0.2, 0) is 0 Å². The molecule has 1 fully saturated rings. The van der Waals surface area contributed by atoms with E-state index in [0.717, 1.165) is 13.0 Å². The number of hydrogen-bond acceptors (Lipinski definition) is 3. The fourth-order valence-corrected chi connectivity index (χ4v) is 4.58. The molecule has 1 aliphatic rings. The minimum Gasteiger partial charge on any atom is -0.326 e. The predicted molar refractivity (Wildman–Crippen MR) is 92.8 cm³/mol. The molecule has 114 valence electrons. The number of hydrogen-bond donors (Lipinski definition) is 1. The van der Waals surface area contributed by atoms with Crippen molar-refractivity contribution in [3.63, 3.8) is 0 Å². The maximum Gasteiger partial charge on any atom is 0.0513 e. The zero-order chi connectivity index (χ0) is 14.8. The number of thiophene rings is 1. The lowest BCUT2D eigenvalue weighted by Gasteiger charge is -2.34. The van der Waals surface area contributed by atoms with Gasteiger partial charge >= 0.3 is 0 Å². The van der Waals surface area contributed by atoms with E-state index in [2.05, 4.69) is 48.4 Å². The van der Waals surface area contributed by atoms with Crippen LogP contribution in [0.25, 0.3) is 10.1 Å². The first-order chi connectivity index (χ1) is 10.2. The predicted octanol–water partition coefficient (Wildman–Crippen LogP) is 4.41. The third-order valence-corrected chi connectivity index (χ3v) is 5.44. The van der Waals surface area contributed by atoms with Gasteiger partial charge in [-0.15, -0.1) is 11.3 Å². The zero-order valence-electron chi connectivity index (χ0n) is 13.1. The molecule has 1 aromatic carbocycles. The van der Waals surface area contributed by atoms with Crippen LogP contribution in [0.4, 0.5) is 0 Å². The highest BCUT2D eigenvalue weighted by Gasteiger charge is 2.30. The van der Waals surface area contributed by atoms with Crippen LogP contribution in [0.2, 0.25) is 0 Å². The molecule has 0 spiro atoms. The largest absolute Gasteiger partial charge is 0.326 e. The molecule has 0 saturated carbocycles. The van der Waals surface area contributed by atoms with Crippen LogP contribution in [-0.4, -0.2) is 24.0 Å². The molecule has 2 N–H and O–H groups in total. The highest BCUT2D eigenvalue weighted by atomic mass is 32.1. The summed E-state index contributed by atoms with van der Waals surface area (Å²) < 4.78 is 1.38. The van der Waals surface area contributed by atoms with Crippen molar-refractivity contribution in [3.8, 4) is 0 Å². The number of nitrogens with zero attached hydrogens (tertiary/aromatic N) is 1. The number of benzene rings is 1. The summed E-state index contributed by atoms with van der Waals surface area (Å²) in [4.78, 5) is 2.64. The van der Waals surface area contributed by atoms with E-state index in [1.165, 1.54) is 35.0 Å². The molecule has 0 bridgehead atoms. The standard InChI is InChI=1S/C18H26N2S/c1-13(2)11-20-10-6-5-8-16(19)18(20)15-12-21-17-9-4-3-7-14(15)17/h3-4,7,9,12-13,16,18H,5-6,8,10-11,19H2,1-2H3. The highest BCUT2D eigenvalue weighted by molar-refractivity contribution is 7.17. The molecule has 3 rings (SSSR count). The van der Waals surface area contributed by atoms with Crippen LogP contribution in [0, 0.1) is 5.92 Å². The molecule has 2 nitrogen and oxygen atoms in total. The molecule has 2 atom stereocenters. The third kappa shape index (κ3) is 3.15. The summed E-state index contributed by atoms with van der Waals surface area (Å²) in [5, 5.41) is 3.74. The summed E-state index contributed by atoms with van der Waals surface area (Å²) in [6, 6.07) is 9.38. The van der Waals surface area contributed by atoms with Crippen LogP contribution in [0.15, 0.2) is 29.6 Å². The molecule has 2 heterocycles. The SMILES string of the molecule is CC(C)CN1CCCCC(N)C1c1csc2ccccc12. The van der Waals surface area contributed by atoms with E-state index in [0.29, 0.717) is 12.0 Å². The van der Waals surface area contributed by atoms with Crippen molar-refractivity contribution in [2.75, 3.05) is 13.1 Å². The number of nitrogens with two attached hydrogens (primary N) is 1. The average molecular weight is 302 g/mol. The minimum atomic E-state index is 0.254. The van der Waals surface area contributed by atoms with Crippen LogP contribution >= 0.6 is 11.3 Å². The quantitative estimate of drug-likeness (QED) is 0.910. The van der Waals surface area contributed by atoms with Gasteiger partial charge in [0, 0.05) is 17.3 Å². The zero-order valence-corrected chi connectivity index (χ0v) is 13.9. The van der Waals surface area contributed by atoms with Crippen molar-refractivity contribution in [2.24, 2.45) is 11.7 Å². The van der Waals surface area contributed by atoms with Crippen LogP contribution in [0.1, 0.15) is 44.7 Å². The van der Waals surface area contributed by atoms with Gasteiger partial charge in [0.25, 0.3) is 0 Å². The Bertz CT molecular complexity index is 590. The van der Waals surface area contributed by atoms with Gasteiger partial charge in [0.15, 0.2) is 0 Å². The lowest BCUT2D eigenvalue weighted by molar-refractivity contribution is 0.167. The van der Waals surface area contributed by atoms with Crippen molar-refractivity contribution >= 4 is 21.4 Å². The third-order valence-electron chi connectivity index (χ3n) is 4.46. The average Bonchev–Trinajstić information content (AvgIpc) is 2.79. The molecule has 21 heavy (non-hydrogen) atoms. The van der Waals surface area contributed by atoms with Gasteiger partial charge in [0.1, 0.15) is 0 Å². The number of fused-ring (bicyclic) bond motifs is 1. The minimum absolute atomic E-state index is 0.254. The second-order valence-electron chi connectivity index (χ2n) is 6.68. The van der Waals surface area contributed by atoms with Gasteiger partial charge in [-0.05, 0) is 47.7 Å². The van der Waals surface area contributed by atoms with Crippen molar-refractivity contribution in [2.45, 2.75) is 45.2 Å². The van der Waals surface area contributed by atoms with Crippen molar-refractivity contribution in [1.29, 1.82) is 0 Å². The molecule has 3 heteroatoms. The van der Waals surface area contributed by atoms with E-state index >= 15 is 0 Å². The van der Waals surface area contributed by atoms with Gasteiger partial charge in [0.2, 0.25) is 0 Å². The molecular weight excluding hydrogens is 276 g/mol. The summed E-state index contributed by atoms with van der Waals surface area (Å²) in [7, 11) is 0. The fraction of sp³-hybridized carbons (Fsp3) is 0.556. The first kappa shape index (κ1) is 15.0. The molecular formula is C18H26N2S.